The Morgan fingerprint density at radius 3 is 2.54 bits per heavy atom. The molecule has 7 heteroatoms. The first-order valence-corrected chi connectivity index (χ1v) is 9.13. The molecule has 0 bridgehead atoms. The molecule has 0 atom stereocenters. The first kappa shape index (κ1) is 19.9. The summed E-state index contributed by atoms with van der Waals surface area (Å²) in [5.74, 6) is 0.136. The van der Waals surface area contributed by atoms with Crippen molar-refractivity contribution in [1.82, 2.24) is 4.98 Å². The highest BCUT2D eigenvalue weighted by atomic mass is 32.1. The first-order valence-electron chi connectivity index (χ1n) is 8.25. The van der Waals surface area contributed by atoms with Crippen LogP contribution in [0.5, 0.6) is 5.75 Å². The van der Waals surface area contributed by atoms with E-state index in [1.54, 1.807) is 24.6 Å². The molecule has 2 aromatic rings. The molecule has 6 nitrogen and oxygen atoms in total. The zero-order chi connectivity index (χ0) is 19.3. The van der Waals surface area contributed by atoms with Crippen molar-refractivity contribution < 1.29 is 19.1 Å². The Hall–Kier alpha value is -2.41. The number of esters is 1. The highest BCUT2D eigenvalue weighted by Crippen LogP contribution is 2.35. The van der Waals surface area contributed by atoms with Crippen LogP contribution in [0, 0.1) is 5.41 Å². The third kappa shape index (κ3) is 5.29. The highest BCUT2D eigenvalue weighted by molar-refractivity contribution is 7.14. The van der Waals surface area contributed by atoms with Crippen molar-refractivity contribution in [2.24, 2.45) is 5.41 Å². The number of nitrogens with zero attached hydrogens (tertiary/aromatic N) is 2. The minimum Gasteiger partial charge on any atom is -0.495 e. The van der Waals surface area contributed by atoms with Crippen molar-refractivity contribution in [2.75, 3.05) is 12.0 Å². The van der Waals surface area contributed by atoms with E-state index in [1.807, 2.05) is 32.9 Å². The first-order chi connectivity index (χ1) is 12.2. The summed E-state index contributed by atoms with van der Waals surface area (Å²) < 4.78 is 10.6. The van der Waals surface area contributed by atoms with Gasteiger partial charge >= 0.3 is 5.97 Å². The molecule has 2 rings (SSSR count). The van der Waals surface area contributed by atoms with E-state index in [0.717, 1.165) is 0 Å². The number of rotatable bonds is 6. The maximum atomic E-state index is 12.2. The summed E-state index contributed by atoms with van der Waals surface area (Å²) in [6.07, 6.45) is 0.338. The zero-order valence-corrected chi connectivity index (χ0v) is 16.6. The van der Waals surface area contributed by atoms with Crippen LogP contribution in [-0.4, -0.2) is 24.0 Å². The molecule has 0 radical (unpaired) electrons. The van der Waals surface area contributed by atoms with Gasteiger partial charge in [-0.15, -0.1) is 11.3 Å². The van der Waals surface area contributed by atoms with Crippen molar-refractivity contribution in [3.63, 3.8) is 0 Å². The Bertz CT molecular complexity index is 780. The van der Waals surface area contributed by atoms with Gasteiger partial charge in [0.05, 0.1) is 24.9 Å². The van der Waals surface area contributed by atoms with Crippen molar-refractivity contribution >= 4 is 34.0 Å². The third-order valence-electron chi connectivity index (χ3n) is 3.43. The smallest absolute Gasteiger partial charge is 0.306 e. The SMILES string of the molecule is COc1ccccc1N(C(C)=O)c1nc(COC(=O)CC(C)(C)C)cs1. The summed E-state index contributed by atoms with van der Waals surface area (Å²) in [4.78, 5) is 30.0. The van der Waals surface area contributed by atoms with E-state index in [1.165, 1.54) is 23.2 Å². The summed E-state index contributed by atoms with van der Waals surface area (Å²) in [6, 6.07) is 7.25. The topological polar surface area (TPSA) is 68.7 Å². The monoisotopic (exact) mass is 376 g/mol. The molecular formula is C19H24N2O4S. The molecule has 0 aliphatic carbocycles. The Morgan fingerprint density at radius 1 is 1.23 bits per heavy atom. The maximum absolute atomic E-state index is 12.2. The quantitative estimate of drug-likeness (QED) is 0.703. The predicted molar refractivity (Wildman–Crippen MR) is 102 cm³/mol. The van der Waals surface area contributed by atoms with Gasteiger partial charge in [-0.25, -0.2) is 4.98 Å². The van der Waals surface area contributed by atoms with E-state index in [-0.39, 0.29) is 23.9 Å². The normalized spacial score (nSPS) is 11.1. The number of benzene rings is 1. The highest BCUT2D eigenvalue weighted by Gasteiger charge is 2.22. The fourth-order valence-corrected chi connectivity index (χ4v) is 3.19. The summed E-state index contributed by atoms with van der Waals surface area (Å²) in [7, 11) is 1.55. The molecule has 0 aliphatic heterocycles. The van der Waals surface area contributed by atoms with Gasteiger partial charge in [0.25, 0.3) is 0 Å². The minimum atomic E-state index is -0.264. The zero-order valence-electron chi connectivity index (χ0n) is 15.7. The van der Waals surface area contributed by atoms with Gasteiger partial charge in [-0.1, -0.05) is 32.9 Å². The van der Waals surface area contributed by atoms with Crippen LogP contribution in [0.2, 0.25) is 0 Å². The molecular weight excluding hydrogens is 352 g/mol. The summed E-state index contributed by atoms with van der Waals surface area (Å²) in [5, 5.41) is 2.29. The molecule has 0 saturated heterocycles. The van der Waals surface area contributed by atoms with E-state index < -0.39 is 0 Å². The average Bonchev–Trinajstić information content (AvgIpc) is 3.00. The van der Waals surface area contributed by atoms with Gasteiger partial charge in [-0.2, -0.15) is 0 Å². The third-order valence-corrected chi connectivity index (χ3v) is 4.30. The molecule has 140 valence electrons. The lowest BCUT2D eigenvalue weighted by Crippen LogP contribution is -2.23. The lowest BCUT2D eigenvalue weighted by atomic mass is 9.92. The number of ether oxygens (including phenoxy) is 2. The summed E-state index contributed by atoms with van der Waals surface area (Å²) in [6.45, 7) is 7.49. The van der Waals surface area contributed by atoms with E-state index in [2.05, 4.69) is 4.98 Å². The maximum Gasteiger partial charge on any atom is 0.306 e. The second kappa shape index (κ2) is 8.31. The van der Waals surface area contributed by atoms with Gasteiger partial charge in [0.2, 0.25) is 5.91 Å². The van der Waals surface area contributed by atoms with E-state index in [4.69, 9.17) is 9.47 Å². The van der Waals surface area contributed by atoms with Gasteiger partial charge in [-0.3, -0.25) is 14.5 Å². The number of anilines is 2. The second-order valence-electron chi connectivity index (χ2n) is 7.05. The fraction of sp³-hybridized carbons (Fsp3) is 0.421. The lowest BCUT2D eigenvalue weighted by molar-refractivity contribution is -0.147. The molecule has 0 unspecified atom stereocenters. The van der Waals surface area contributed by atoms with E-state index in [0.29, 0.717) is 28.7 Å². The number of aromatic nitrogens is 1. The standard InChI is InChI=1S/C19H24N2O4S/c1-13(22)21(15-8-6-7-9-16(15)24-5)18-20-14(12-26-18)11-25-17(23)10-19(2,3)4/h6-9,12H,10-11H2,1-5H3. The lowest BCUT2D eigenvalue weighted by Gasteiger charge is -2.20. The largest absolute Gasteiger partial charge is 0.495 e. The number of hydrogen-bond acceptors (Lipinski definition) is 6. The number of hydrogen-bond donors (Lipinski definition) is 0. The van der Waals surface area contributed by atoms with Crippen LogP contribution in [0.1, 0.15) is 39.8 Å². The number of methoxy groups -OCH3 is 1. The number of para-hydroxylation sites is 2. The van der Waals surface area contributed by atoms with Gasteiger partial charge < -0.3 is 9.47 Å². The molecule has 26 heavy (non-hydrogen) atoms. The number of amides is 1. The minimum absolute atomic E-state index is 0.0864. The molecule has 1 amide bonds. The summed E-state index contributed by atoms with van der Waals surface area (Å²) in [5.41, 5.74) is 1.10. The predicted octanol–water partition coefficient (Wildman–Crippen LogP) is 4.32. The Kier molecular flexibility index (Phi) is 6.37. The van der Waals surface area contributed by atoms with Crippen LogP contribution >= 0.6 is 11.3 Å². The van der Waals surface area contributed by atoms with Crippen LogP contribution in [0.15, 0.2) is 29.6 Å². The van der Waals surface area contributed by atoms with Gasteiger partial charge in [-0.05, 0) is 17.5 Å². The van der Waals surface area contributed by atoms with Crippen LogP contribution in [0.4, 0.5) is 10.8 Å². The van der Waals surface area contributed by atoms with Crippen molar-refractivity contribution in [3.05, 3.63) is 35.3 Å². The van der Waals surface area contributed by atoms with E-state index >= 15 is 0 Å². The Labute approximate surface area is 157 Å². The molecule has 1 heterocycles. The molecule has 0 spiro atoms. The number of thiazole rings is 1. The van der Waals surface area contributed by atoms with Crippen molar-refractivity contribution in [2.45, 2.75) is 40.7 Å². The van der Waals surface area contributed by atoms with Crippen LogP contribution in [0.3, 0.4) is 0 Å². The van der Waals surface area contributed by atoms with Crippen molar-refractivity contribution in [1.29, 1.82) is 0 Å². The molecule has 1 aromatic carbocycles. The second-order valence-corrected chi connectivity index (χ2v) is 7.88. The molecule has 0 aliphatic rings. The molecule has 0 saturated carbocycles. The number of carbonyl (C=O) groups is 2. The van der Waals surface area contributed by atoms with Gasteiger partial charge in [0.1, 0.15) is 12.4 Å². The van der Waals surface area contributed by atoms with Crippen LogP contribution in [0.25, 0.3) is 0 Å². The molecule has 0 N–H and O–H groups in total. The fourth-order valence-electron chi connectivity index (χ4n) is 2.33. The van der Waals surface area contributed by atoms with Gasteiger partial charge in [0, 0.05) is 12.3 Å². The summed E-state index contributed by atoms with van der Waals surface area (Å²) >= 11 is 1.31. The number of carbonyl (C=O) groups excluding carboxylic acids is 2. The van der Waals surface area contributed by atoms with Gasteiger partial charge in [0.15, 0.2) is 5.13 Å². The Morgan fingerprint density at radius 2 is 1.92 bits per heavy atom. The van der Waals surface area contributed by atoms with Crippen LogP contribution in [-0.2, 0) is 20.9 Å². The molecule has 1 aromatic heterocycles. The molecule has 0 fully saturated rings. The average molecular weight is 376 g/mol. The van der Waals surface area contributed by atoms with Crippen molar-refractivity contribution in [3.8, 4) is 5.75 Å². The van der Waals surface area contributed by atoms with Crippen LogP contribution < -0.4 is 9.64 Å². The van der Waals surface area contributed by atoms with E-state index in [9.17, 15) is 9.59 Å². The Balaban J connectivity index is 2.15.